The highest BCUT2D eigenvalue weighted by molar-refractivity contribution is 5.91. The molecule has 1 aromatic rings. The average Bonchev–Trinajstić information content (AvgIpc) is 2.41. The lowest BCUT2D eigenvalue weighted by Gasteiger charge is -2.32. The zero-order valence-corrected chi connectivity index (χ0v) is 11.7. The molecule has 0 amide bonds. The molecule has 1 aromatic carbocycles. The van der Waals surface area contributed by atoms with E-state index in [1.54, 1.807) is 12.1 Å². The number of nitrogens with zero attached hydrogens (tertiary/aromatic N) is 2. The molecule has 1 saturated heterocycles. The SMILES string of the molecule is CN1CCN(CCOc2cc(N)ccc2C(=O)O)CC1. The van der Waals surface area contributed by atoms with E-state index in [1.165, 1.54) is 6.07 Å². The quantitative estimate of drug-likeness (QED) is 0.768. The molecule has 0 unspecified atom stereocenters. The number of aromatic carboxylic acids is 1. The van der Waals surface area contributed by atoms with Crippen LogP contribution in [0.15, 0.2) is 18.2 Å². The lowest BCUT2D eigenvalue weighted by molar-refractivity contribution is 0.0691. The van der Waals surface area contributed by atoms with Gasteiger partial charge in [-0.05, 0) is 19.2 Å². The molecule has 1 aliphatic rings. The summed E-state index contributed by atoms with van der Waals surface area (Å²) in [6.07, 6.45) is 0. The van der Waals surface area contributed by atoms with Crippen molar-refractivity contribution in [3.8, 4) is 5.75 Å². The Hall–Kier alpha value is -1.79. The standard InChI is InChI=1S/C14H21N3O3/c1-16-4-6-17(7-5-16)8-9-20-13-10-11(15)2-3-12(13)14(18)19/h2-3,10H,4-9,15H2,1H3,(H,18,19). The van der Waals surface area contributed by atoms with Gasteiger partial charge in [0.15, 0.2) is 0 Å². The maximum atomic E-state index is 11.1. The Morgan fingerprint density at radius 3 is 2.70 bits per heavy atom. The fourth-order valence-corrected chi connectivity index (χ4v) is 2.19. The minimum atomic E-state index is -1.00. The molecule has 0 atom stereocenters. The zero-order chi connectivity index (χ0) is 14.5. The summed E-state index contributed by atoms with van der Waals surface area (Å²) in [6, 6.07) is 4.60. The Labute approximate surface area is 118 Å². The van der Waals surface area contributed by atoms with Crippen LogP contribution in [0.2, 0.25) is 0 Å². The summed E-state index contributed by atoms with van der Waals surface area (Å²) in [6.45, 7) is 5.40. The number of ether oxygens (including phenoxy) is 1. The van der Waals surface area contributed by atoms with Crippen LogP contribution in [0.5, 0.6) is 5.75 Å². The normalized spacial score (nSPS) is 17.1. The number of nitrogens with two attached hydrogens (primary N) is 1. The van der Waals surface area contributed by atoms with Gasteiger partial charge in [0.1, 0.15) is 17.9 Å². The molecular formula is C14H21N3O3. The molecule has 2 rings (SSSR count). The van der Waals surface area contributed by atoms with Crippen molar-refractivity contribution in [3.63, 3.8) is 0 Å². The molecular weight excluding hydrogens is 258 g/mol. The Morgan fingerprint density at radius 2 is 2.05 bits per heavy atom. The predicted molar refractivity (Wildman–Crippen MR) is 77.2 cm³/mol. The van der Waals surface area contributed by atoms with Crippen molar-refractivity contribution in [1.29, 1.82) is 0 Å². The van der Waals surface area contributed by atoms with Gasteiger partial charge >= 0.3 is 5.97 Å². The Morgan fingerprint density at radius 1 is 1.35 bits per heavy atom. The van der Waals surface area contributed by atoms with Gasteiger partial charge in [-0.15, -0.1) is 0 Å². The van der Waals surface area contributed by atoms with Crippen LogP contribution < -0.4 is 10.5 Å². The molecule has 110 valence electrons. The first kappa shape index (κ1) is 14.6. The number of carboxylic acids is 1. The maximum Gasteiger partial charge on any atom is 0.339 e. The summed E-state index contributed by atoms with van der Waals surface area (Å²) in [5.74, 6) is -0.661. The van der Waals surface area contributed by atoms with Crippen molar-refractivity contribution in [2.75, 3.05) is 52.1 Å². The van der Waals surface area contributed by atoms with Crippen molar-refractivity contribution in [3.05, 3.63) is 23.8 Å². The molecule has 6 heteroatoms. The number of anilines is 1. The van der Waals surface area contributed by atoms with E-state index < -0.39 is 5.97 Å². The van der Waals surface area contributed by atoms with Gasteiger partial charge in [0.25, 0.3) is 0 Å². The van der Waals surface area contributed by atoms with E-state index in [0.29, 0.717) is 18.0 Å². The predicted octanol–water partition coefficient (Wildman–Crippen LogP) is 0.593. The van der Waals surface area contributed by atoms with Crippen molar-refractivity contribution in [1.82, 2.24) is 9.80 Å². The Bertz CT molecular complexity index is 471. The molecule has 3 N–H and O–H groups in total. The third-order valence-electron chi connectivity index (χ3n) is 3.50. The number of carbonyl (C=O) groups is 1. The molecule has 20 heavy (non-hydrogen) atoms. The van der Waals surface area contributed by atoms with E-state index in [1.807, 2.05) is 0 Å². The molecule has 0 aromatic heterocycles. The van der Waals surface area contributed by atoms with Gasteiger partial charge < -0.3 is 20.5 Å². The van der Waals surface area contributed by atoms with Gasteiger partial charge in [0.05, 0.1) is 0 Å². The van der Waals surface area contributed by atoms with Crippen molar-refractivity contribution < 1.29 is 14.6 Å². The number of benzene rings is 1. The molecule has 0 spiro atoms. The first-order valence-corrected chi connectivity index (χ1v) is 6.73. The molecule has 0 radical (unpaired) electrons. The lowest BCUT2D eigenvalue weighted by atomic mass is 10.2. The molecule has 0 aliphatic carbocycles. The van der Waals surface area contributed by atoms with Crippen LogP contribution in [-0.4, -0.2) is 67.3 Å². The highest BCUT2D eigenvalue weighted by Gasteiger charge is 2.15. The lowest BCUT2D eigenvalue weighted by Crippen LogP contribution is -2.45. The summed E-state index contributed by atoms with van der Waals surface area (Å²) in [7, 11) is 2.11. The Kier molecular flexibility index (Phi) is 4.81. The van der Waals surface area contributed by atoms with Crippen LogP contribution in [0, 0.1) is 0 Å². The zero-order valence-electron chi connectivity index (χ0n) is 11.7. The summed E-state index contributed by atoms with van der Waals surface area (Å²) >= 11 is 0. The smallest absolute Gasteiger partial charge is 0.339 e. The van der Waals surface area contributed by atoms with Gasteiger partial charge in [-0.25, -0.2) is 4.79 Å². The van der Waals surface area contributed by atoms with Gasteiger partial charge in [-0.1, -0.05) is 0 Å². The van der Waals surface area contributed by atoms with Gasteiger partial charge in [-0.2, -0.15) is 0 Å². The highest BCUT2D eigenvalue weighted by atomic mass is 16.5. The number of hydrogen-bond donors (Lipinski definition) is 2. The topological polar surface area (TPSA) is 79.0 Å². The summed E-state index contributed by atoms with van der Waals surface area (Å²) in [5, 5.41) is 9.10. The molecule has 1 heterocycles. The summed E-state index contributed by atoms with van der Waals surface area (Å²) < 4.78 is 5.59. The minimum absolute atomic E-state index is 0.151. The molecule has 0 saturated carbocycles. The van der Waals surface area contributed by atoms with E-state index in [4.69, 9.17) is 15.6 Å². The summed E-state index contributed by atoms with van der Waals surface area (Å²) in [4.78, 5) is 15.7. The fraction of sp³-hybridized carbons (Fsp3) is 0.500. The second-order valence-electron chi connectivity index (χ2n) is 5.05. The number of likely N-dealkylation sites (N-methyl/N-ethyl adjacent to an activating group) is 1. The van der Waals surface area contributed by atoms with Crippen molar-refractivity contribution >= 4 is 11.7 Å². The third kappa shape index (κ3) is 3.85. The molecule has 0 bridgehead atoms. The van der Waals surface area contributed by atoms with Crippen molar-refractivity contribution in [2.24, 2.45) is 0 Å². The number of nitrogen functional groups attached to an aromatic ring is 1. The van der Waals surface area contributed by atoms with E-state index >= 15 is 0 Å². The number of carboxylic acid groups (broad SMARTS) is 1. The largest absolute Gasteiger partial charge is 0.491 e. The van der Waals surface area contributed by atoms with E-state index in [9.17, 15) is 4.79 Å². The monoisotopic (exact) mass is 279 g/mol. The molecule has 1 aliphatic heterocycles. The van der Waals surface area contributed by atoms with Crippen LogP contribution in [0.3, 0.4) is 0 Å². The Balaban J connectivity index is 1.87. The van der Waals surface area contributed by atoms with Crippen LogP contribution in [-0.2, 0) is 0 Å². The number of hydrogen-bond acceptors (Lipinski definition) is 5. The maximum absolute atomic E-state index is 11.1. The van der Waals surface area contributed by atoms with Crippen LogP contribution in [0.4, 0.5) is 5.69 Å². The second-order valence-corrected chi connectivity index (χ2v) is 5.05. The summed E-state index contributed by atoms with van der Waals surface area (Å²) in [5.41, 5.74) is 6.32. The fourth-order valence-electron chi connectivity index (χ4n) is 2.19. The van der Waals surface area contributed by atoms with Crippen LogP contribution in [0.25, 0.3) is 0 Å². The molecule has 1 fully saturated rings. The third-order valence-corrected chi connectivity index (χ3v) is 3.50. The highest BCUT2D eigenvalue weighted by Crippen LogP contribution is 2.21. The number of piperazine rings is 1. The van der Waals surface area contributed by atoms with Gasteiger partial charge in [0, 0.05) is 44.5 Å². The van der Waals surface area contributed by atoms with Crippen molar-refractivity contribution in [2.45, 2.75) is 0 Å². The second kappa shape index (κ2) is 6.58. The van der Waals surface area contributed by atoms with Gasteiger partial charge in [0.2, 0.25) is 0 Å². The minimum Gasteiger partial charge on any atom is -0.491 e. The first-order chi connectivity index (χ1) is 9.56. The van der Waals surface area contributed by atoms with Crippen LogP contribution >= 0.6 is 0 Å². The van der Waals surface area contributed by atoms with E-state index in [2.05, 4.69) is 16.8 Å². The number of rotatable bonds is 5. The molecule has 6 nitrogen and oxygen atoms in total. The van der Waals surface area contributed by atoms with E-state index in [0.717, 1.165) is 32.7 Å². The van der Waals surface area contributed by atoms with E-state index in [-0.39, 0.29) is 5.56 Å². The average molecular weight is 279 g/mol. The first-order valence-electron chi connectivity index (χ1n) is 6.73. The van der Waals surface area contributed by atoms with Gasteiger partial charge in [-0.3, -0.25) is 4.90 Å². The van der Waals surface area contributed by atoms with Crippen LogP contribution in [0.1, 0.15) is 10.4 Å².